The SMILES string of the molecule is COc1cccc(/C=N\NC(=O)C2=NNC(=O)C2C)c1O. The molecule has 1 atom stereocenters. The number of methoxy groups -OCH3 is 1. The molecule has 1 aromatic carbocycles. The Morgan fingerprint density at radius 2 is 2.33 bits per heavy atom. The molecule has 0 radical (unpaired) electrons. The van der Waals surface area contributed by atoms with Crippen molar-refractivity contribution in [3.8, 4) is 11.5 Å². The number of carbonyl (C=O) groups is 2. The van der Waals surface area contributed by atoms with E-state index in [9.17, 15) is 14.7 Å². The number of benzene rings is 1. The van der Waals surface area contributed by atoms with Gasteiger partial charge in [0.25, 0.3) is 5.91 Å². The van der Waals surface area contributed by atoms with Gasteiger partial charge in [0.05, 0.1) is 19.2 Å². The number of hydrazone groups is 2. The topological polar surface area (TPSA) is 112 Å². The lowest BCUT2D eigenvalue weighted by atomic mass is 10.1. The highest BCUT2D eigenvalue weighted by molar-refractivity contribution is 6.44. The largest absolute Gasteiger partial charge is 0.504 e. The lowest BCUT2D eigenvalue weighted by molar-refractivity contribution is -0.122. The molecule has 21 heavy (non-hydrogen) atoms. The number of rotatable bonds is 4. The fraction of sp³-hybridized carbons (Fsp3) is 0.231. The summed E-state index contributed by atoms with van der Waals surface area (Å²) >= 11 is 0. The van der Waals surface area contributed by atoms with Crippen LogP contribution in [0.5, 0.6) is 11.5 Å². The van der Waals surface area contributed by atoms with Crippen LogP contribution < -0.4 is 15.6 Å². The number of carbonyl (C=O) groups excluding carboxylic acids is 2. The van der Waals surface area contributed by atoms with Crippen molar-refractivity contribution in [2.24, 2.45) is 16.1 Å². The summed E-state index contributed by atoms with van der Waals surface area (Å²) in [6.07, 6.45) is 1.27. The smallest absolute Gasteiger partial charge is 0.288 e. The van der Waals surface area contributed by atoms with Crippen LogP contribution in [0.4, 0.5) is 0 Å². The Morgan fingerprint density at radius 1 is 1.57 bits per heavy atom. The average molecular weight is 290 g/mol. The lowest BCUT2D eigenvalue weighted by Crippen LogP contribution is -2.32. The van der Waals surface area contributed by atoms with E-state index in [4.69, 9.17) is 4.74 Å². The van der Waals surface area contributed by atoms with E-state index in [1.54, 1.807) is 25.1 Å². The van der Waals surface area contributed by atoms with Crippen molar-refractivity contribution in [1.82, 2.24) is 10.9 Å². The molecule has 8 heteroatoms. The average Bonchev–Trinajstić information content (AvgIpc) is 2.81. The molecule has 8 nitrogen and oxygen atoms in total. The van der Waals surface area contributed by atoms with Gasteiger partial charge in [-0.1, -0.05) is 6.07 Å². The number of phenolic OH excluding ortho intramolecular Hbond substituents is 1. The second-order valence-corrected chi connectivity index (χ2v) is 4.29. The molecule has 0 saturated heterocycles. The summed E-state index contributed by atoms with van der Waals surface area (Å²) in [4.78, 5) is 23.0. The Morgan fingerprint density at radius 3 is 2.95 bits per heavy atom. The van der Waals surface area contributed by atoms with E-state index in [1.165, 1.54) is 13.3 Å². The van der Waals surface area contributed by atoms with Crippen molar-refractivity contribution < 1.29 is 19.4 Å². The van der Waals surface area contributed by atoms with Gasteiger partial charge in [-0.25, -0.2) is 10.9 Å². The Bertz CT molecular complexity index is 639. The van der Waals surface area contributed by atoms with Crippen LogP contribution >= 0.6 is 0 Å². The predicted octanol–water partition coefficient (Wildman–Crippen LogP) is -0.0272. The summed E-state index contributed by atoms with van der Waals surface area (Å²) in [5, 5.41) is 17.2. The molecule has 0 fully saturated rings. The van der Waals surface area contributed by atoms with E-state index in [-0.39, 0.29) is 17.4 Å². The fourth-order valence-electron chi connectivity index (χ4n) is 1.71. The zero-order valence-corrected chi connectivity index (χ0v) is 11.5. The van der Waals surface area contributed by atoms with Crippen molar-refractivity contribution in [1.29, 1.82) is 0 Å². The molecule has 0 aromatic heterocycles. The van der Waals surface area contributed by atoms with Crippen LogP contribution in [0.3, 0.4) is 0 Å². The zero-order chi connectivity index (χ0) is 15.4. The van der Waals surface area contributed by atoms with Crippen molar-refractivity contribution in [3.63, 3.8) is 0 Å². The summed E-state index contributed by atoms with van der Waals surface area (Å²) in [7, 11) is 1.43. The molecule has 2 amide bonds. The molecule has 1 aliphatic heterocycles. The van der Waals surface area contributed by atoms with Crippen molar-refractivity contribution in [2.75, 3.05) is 7.11 Å². The molecule has 1 unspecified atom stereocenters. The second kappa shape index (κ2) is 6.04. The van der Waals surface area contributed by atoms with Crippen molar-refractivity contribution in [2.45, 2.75) is 6.92 Å². The maximum absolute atomic E-state index is 11.8. The first-order valence-electron chi connectivity index (χ1n) is 6.11. The van der Waals surface area contributed by atoms with Gasteiger partial charge in [-0.2, -0.15) is 10.2 Å². The predicted molar refractivity (Wildman–Crippen MR) is 75.1 cm³/mol. The minimum absolute atomic E-state index is 0.0621. The molecule has 1 aliphatic rings. The van der Waals surface area contributed by atoms with E-state index in [1.807, 2.05) is 0 Å². The van der Waals surface area contributed by atoms with Crippen LogP contribution in [0.1, 0.15) is 12.5 Å². The molecule has 1 heterocycles. The number of para-hydroxylation sites is 1. The minimum atomic E-state index is -0.620. The normalized spacial score (nSPS) is 17.5. The van der Waals surface area contributed by atoms with Gasteiger partial charge in [0.15, 0.2) is 11.5 Å². The Balaban J connectivity index is 2.03. The summed E-state index contributed by atoms with van der Waals surface area (Å²) in [5.74, 6) is -1.32. The van der Waals surface area contributed by atoms with Gasteiger partial charge in [0.2, 0.25) is 5.91 Å². The molecule has 0 aliphatic carbocycles. The number of hydrogen-bond donors (Lipinski definition) is 3. The summed E-state index contributed by atoms with van der Waals surface area (Å²) in [6.45, 7) is 1.57. The monoisotopic (exact) mass is 290 g/mol. The van der Waals surface area contributed by atoms with Gasteiger partial charge in [0, 0.05) is 5.56 Å². The maximum Gasteiger partial charge on any atom is 0.288 e. The maximum atomic E-state index is 11.8. The molecule has 110 valence electrons. The molecule has 0 bridgehead atoms. The van der Waals surface area contributed by atoms with Crippen LogP contribution in [0.15, 0.2) is 28.4 Å². The number of amides is 2. The Hall–Kier alpha value is -2.90. The first kappa shape index (κ1) is 14.5. The van der Waals surface area contributed by atoms with Crippen LogP contribution in [0, 0.1) is 5.92 Å². The Kier molecular flexibility index (Phi) is 4.17. The summed E-state index contributed by atoms with van der Waals surface area (Å²) in [5.41, 5.74) is 4.90. The van der Waals surface area contributed by atoms with Crippen molar-refractivity contribution in [3.05, 3.63) is 23.8 Å². The highest BCUT2D eigenvalue weighted by Gasteiger charge is 2.30. The van der Waals surface area contributed by atoms with Gasteiger partial charge >= 0.3 is 0 Å². The van der Waals surface area contributed by atoms with Gasteiger partial charge < -0.3 is 9.84 Å². The van der Waals surface area contributed by atoms with E-state index in [0.29, 0.717) is 11.3 Å². The Labute approximate surface area is 120 Å². The van der Waals surface area contributed by atoms with E-state index in [2.05, 4.69) is 21.1 Å². The van der Waals surface area contributed by atoms with E-state index in [0.717, 1.165) is 0 Å². The number of nitrogens with one attached hydrogen (secondary N) is 2. The van der Waals surface area contributed by atoms with Crippen LogP contribution in [-0.4, -0.2) is 36.0 Å². The minimum Gasteiger partial charge on any atom is -0.504 e. The van der Waals surface area contributed by atoms with Crippen molar-refractivity contribution >= 4 is 23.7 Å². The highest BCUT2D eigenvalue weighted by atomic mass is 16.5. The number of phenols is 1. The van der Waals surface area contributed by atoms with Gasteiger partial charge in [-0.15, -0.1) is 0 Å². The highest BCUT2D eigenvalue weighted by Crippen LogP contribution is 2.27. The first-order chi connectivity index (χ1) is 10.0. The number of aromatic hydroxyl groups is 1. The third-order valence-corrected chi connectivity index (χ3v) is 2.94. The molecule has 1 aromatic rings. The third-order valence-electron chi connectivity index (χ3n) is 2.94. The summed E-state index contributed by atoms with van der Waals surface area (Å²) in [6, 6.07) is 4.87. The second-order valence-electron chi connectivity index (χ2n) is 4.29. The molecule has 0 saturated carbocycles. The number of ether oxygens (including phenoxy) is 1. The van der Waals surface area contributed by atoms with Gasteiger partial charge in [-0.05, 0) is 19.1 Å². The lowest BCUT2D eigenvalue weighted by Gasteiger charge is -2.05. The molecular weight excluding hydrogens is 276 g/mol. The number of nitrogens with zero attached hydrogens (tertiary/aromatic N) is 2. The summed E-state index contributed by atoms with van der Waals surface area (Å²) < 4.78 is 4.96. The fourth-order valence-corrected chi connectivity index (χ4v) is 1.71. The molecular formula is C13H14N4O4. The molecule has 0 spiro atoms. The zero-order valence-electron chi connectivity index (χ0n) is 11.5. The number of hydrogen-bond acceptors (Lipinski definition) is 6. The van der Waals surface area contributed by atoms with Crippen LogP contribution in [0.2, 0.25) is 0 Å². The van der Waals surface area contributed by atoms with E-state index < -0.39 is 11.8 Å². The van der Waals surface area contributed by atoms with Crippen LogP contribution in [-0.2, 0) is 9.59 Å². The van der Waals surface area contributed by atoms with Gasteiger partial charge in [0.1, 0.15) is 5.71 Å². The first-order valence-corrected chi connectivity index (χ1v) is 6.11. The van der Waals surface area contributed by atoms with E-state index >= 15 is 0 Å². The van der Waals surface area contributed by atoms with Gasteiger partial charge in [-0.3, -0.25) is 9.59 Å². The third kappa shape index (κ3) is 2.99. The van der Waals surface area contributed by atoms with Crippen LogP contribution in [0.25, 0.3) is 0 Å². The standard InChI is InChI=1S/C13H14N4O4/c1-7-10(15-17-12(7)19)13(20)16-14-6-8-4-3-5-9(21-2)11(8)18/h3-7,18H,1-2H3,(H,16,20)(H,17,19)/b14-6-. The quantitative estimate of drug-likeness (QED) is 0.534. The molecule has 3 N–H and O–H groups in total. The molecule has 2 rings (SSSR count).